The number of carbonyl (C=O) groups is 1. The van der Waals surface area contributed by atoms with Crippen molar-refractivity contribution in [1.29, 1.82) is 0 Å². The quantitative estimate of drug-likeness (QED) is 0.596. The molecule has 0 aromatic heterocycles. The molecule has 0 aromatic carbocycles. The molecule has 1 amide bonds. The van der Waals surface area contributed by atoms with Gasteiger partial charge in [0.05, 0.1) is 0 Å². The summed E-state index contributed by atoms with van der Waals surface area (Å²) in [6, 6.07) is 0. The molecule has 3 heteroatoms. The monoisotopic (exact) mass is 129 g/mol. The molecule has 0 fully saturated rings. The van der Waals surface area contributed by atoms with Crippen molar-refractivity contribution in [3.63, 3.8) is 0 Å². The zero-order chi connectivity index (χ0) is 7.49. The minimum atomic E-state index is -0.534. The lowest BCUT2D eigenvalue weighted by atomic mass is 10.0. The lowest BCUT2D eigenvalue weighted by Crippen LogP contribution is -2.32. The number of carbonyl (C=O) groups excluding carboxylic acids is 1. The van der Waals surface area contributed by atoms with Crippen LogP contribution < -0.4 is 11.5 Å². The molecule has 0 atom stereocenters. The average molecular weight is 129 g/mol. The van der Waals surface area contributed by atoms with Gasteiger partial charge in [0.1, 0.15) is 0 Å². The predicted octanol–water partition coefficient (Wildman–Crippen LogP) is 0.313. The van der Waals surface area contributed by atoms with Gasteiger partial charge in [-0.05, 0) is 20.3 Å². The first-order valence-electron chi connectivity index (χ1n) is 2.95. The van der Waals surface area contributed by atoms with Crippen LogP contribution in [0.4, 0.5) is 0 Å². The first-order valence-corrected chi connectivity index (χ1v) is 2.95. The molecule has 0 bridgehead atoms. The van der Waals surface area contributed by atoms with Crippen LogP contribution in [0, 0.1) is 0 Å². The van der Waals surface area contributed by atoms with Crippen LogP contribution in [0.5, 0.6) is 0 Å². The Morgan fingerprint density at radius 1 is 1.67 bits per heavy atom. The maximum absolute atomic E-state index is 10.1. The Balaban J connectivity index is 3.39. The van der Waals surface area contributed by atoms with Crippen molar-refractivity contribution in [3.05, 3.63) is 0 Å². The number of nitrogens with two attached hydrogens (primary N) is 1. The van der Waals surface area contributed by atoms with Crippen LogP contribution in [-0.4, -0.2) is 11.4 Å². The lowest BCUT2D eigenvalue weighted by molar-refractivity contribution is -0.118. The van der Waals surface area contributed by atoms with E-state index in [4.69, 9.17) is 11.5 Å². The summed E-state index contributed by atoms with van der Waals surface area (Å²) in [7, 11) is 0. The topological polar surface area (TPSA) is 66.9 Å². The van der Waals surface area contributed by atoms with E-state index in [0.29, 0.717) is 6.42 Å². The zero-order valence-electron chi connectivity index (χ0n) is 5.90. The summed E-state index contributed by atoms with van der Waals surface area (Å²) in [4.78, 5) is 10.1. The Bertz CT molecular complexity index is 104. The van der Waals surface area contributed by atoms with Gasteiger partial charge >= 0.3 is 0 Å². The largest absolute Gasteiger partial charge is 0.326 e. The summed E-state index contributed by atoms with van der Waals surface area (Å²) >= 11 is 0. The molecule has 0 saturated heterocycles. The molecule has 0 aliphatic rings. The van der Waals surface area contributed by atoms with Gasteiger partial charge in [0.2, 0.25) is 5.91 Å². The molecule has 9 heavy (non-hydrogen) atoms. The van der Waals surface area contributed by atoms with Gasteiger partial charge in [0.25, 0.3) is 0 Å². The molecule has 0 unspecified atom stereocenters. The highest BCUT2D eigenvalue weighted by molar-refractivity contribution is 5.72. The summed E-state index contributed by atoms with van der Waals surface area (Å²) in [5, 5.41) is 0. The molecule has 3 N–H and O–H groups in total. The SMILES string of the molecule is CC(C)(N)CCC([NH])=O. The van der Waals surface area contributed by atoms with Crippen LogP contribution >= 0.6 is 0 Å². The molecule has 0 aliphatic heterocycles. The van der Waals surface area contributed by atoms with Crippen molar-refractivity contribution in [2.45, 2.75) is 32.2 Å². The maximum atomic E-state index is 10.1. The third-order valence-electron chi connectivity index (χ3n) is 0.996. The fraction of sp³-hybridized carbons (Fsp3) is 0.833. The number of nitrogens with one attached hydrogen (secondary N) is 1. The highest BCUT2D eigenvalue weighted by Gasteiger charge is 2.11. The third kappa shape index (κ3) is 7.43. The Hall–Kier alpha value is -0.570. The van der Waals surface area contributed by atoms with Gasteiger partial charge in [0.15, 0.2) is 0 Å². The minimum absolute atomic E-state index is 0.267. The fourth-order valence-electron chi connectivity index (χ4n) is 0.436. The number of hydrogen-bond acceptors (Lipinski definition) is 2. The van der Waals surface area contributed by atoms with E-state index < -0.39 is 5.91 Å². The second-order valence-corrected chi connectivity index (χ2v) is 2.91. The van der Waals surface area contributed by atoms with Crippen molar-refractivity contribution in [3.8, 4) is 0 Å². The van der Waals surface area contributed by atoms with Gasteiger partial charge in [0, 0.05) is 12.0 Å². The van der Waals surface area contributed by atoms with E-state index in [1.165, 1.54) is 0 Å². The lowest BCUT2D eigenvalue weighted by Gasteiger charge is -2.15. The second kappa shape index (κ2) is 2.82. The molecule has 3 nitrogen and oxygen atoms in total. The molecule has 0 rings (SSSR count). The van der Waals surface area contributed by atoms with E-state index in [-0.39, 0.29) is 12.0 Å². The molecule has 0 saturated carbocycles. The molecule has 0 aromatic rings. The van der Waals surface area contributed by atoms with Crippen molar-refractivity contribution in [1.82, 2.24) is 5.73 Å². The highest BCUT2D eigenvalue weighted by Crippen LogP contribution is 2.05. The van der Waals surface area contributed by atoms with Crippen LogP contribution in [0.3, 0.4) is 0 Å². The number of hydrogen-bond donors (Lipinski definition) is 1. The first-order chi connectivity index (χ1) is 3.92. The molecule has 1 radical (unpaired) electrons. The van der Waals surface area contributed by atoms with E-state index >= 15 is 0 Å². The summed E-state index contributed by atoms with van der Waals surface area (Å²) < 4.78 is 0. The van der Waals surface area contributed by atoms with Crippen molar-refractivity contribution < 1.29 is 4.79 Å². The summed E-state index contributed by atoms with van der Waals surface area (Å²) in [5.74, 6) is -0.534. The van der Waals surface area contributed by atoms with Gasteiger partial charge in [-0.15, -0.1) is 0 Å². The standard InChI is InChI=1S/C6H13N2O/c1-6(2,8)4-3-5(7)9/h7H,3-4,8H2,1-2H3. The predicted molar refractivity (Wildman–Crippen MR) is 35.6 cm³/mol. The van der Waals surface area contributed by atoms with Gasteiger partial charge in [-0.3, -0.25) is 10.5 Å². The second-order valence-electron chi connectivity index (χ2n) is 2.91. The Kier molecular flexibility index (Phi) is 2.65. The Morgan fingerprint density at radius 2 is 2.11 bits per heavy atom. The van der Waals surface area contributed by atoms with Crippen LogP contribution in [0.2, 0.25) is 0 Å². The van der Waals surface area contributed by atoms with Crippen LogP contribution in [0.1, 0.15) is 26.7 Å². The third-order valence-corrected chi connectivity index (χ3v) is 0.996. The Morgan fingerprint density at radius 3 is 2.22 bits per heavy atom. The van der Waals surface area contributed by atoms with E-state index in [9.17, 15) is 4.79 Å². The van der Waals surface area contributed by atoms with Crippen molar-refractivity contribution in [2.75, 3.05) is 0 Å². The van der Waals surface area contributed by atoms with Gasteiger partial charge < -0.3 is 5.73 Å². The van der Waals surface area contributed by atoms with Crippen molar-refractivity contribution >= 4 is 5.91 Å². The molecule has 0 aliphatic carbocycles. The Labute approximate surface area is 55.4 Å². The van der Waals surface area contributed by atoms with E-state index in [2.05, 4.69) is 0 Å². The smallest absolute Gasteiger partial charge is 0.238 e. The van der Waals surface area contributed by atoms with Crippen molar-refractivity contribution in [2.24, 2.45) is 5.73 Å². The molecular weight excluding hydrogens is 116 g/mol. The number of amides is 1. The summed E-state index contributed by atoms with van der Waals surface area (Å²) in [5.41, 5.74) is 11.8. The minimum Gasteiger partial charge on any atom is -0.326 e. The molecule has 0 spiro atoms. The van der Waals surface area contributed by atoms with Crippen LogP contribution in [-0.2, 0) is 4.79 Å². The maximum Gasteiger partial charge on any atom is 0.238 e. The normalized spacial score (nSPS) is 11.4. The summed E-state index contributed by atoms with van der Waals surface area (Å²) in [6.45, 7) is 3.69. The first kappa shape index (κ1) is 8.43. The highest BCUT2D eigenvalue weighted by atomic mass is 16.1. The fourth-order valence-corrected chi connectivity index (χ4v) is 0.436. The molecular formula is C6H13N2O. The number of rotatable bonds is 3. The van der Waals surface area contributed by atoms with E-state index in [1.807, 2.05) is 13.8 Å². The van der Waals surface area contributed by atoms with E-state index in [1.54, 1.807) is 0 Å². The van der Waals surface area contributed by atoms with Gasteiger partial charge in [-0.2, -0.15) is 0 Å². The zero-order valence-corrected chi connectivity index (χ0v) is 5.90. The average Bonchev–Trinajstić information content (AvgIpc) is 1.59. The van der Waals surface area contributed by atoms with E-state index in [0.717, 1.165) is 0 Å². The summed E-state index contributed by atoms with van der Waals surface area (Å²) in [6.07, 6.45) is 0.860. The van der Waals surface area contributed by atoms with Crippen LogP contribution in [0.15, 0.2) is 0 Å². The van der Waals surface area contributed by atoms with Crippen LogP contribution in [0.25, 0.3) is 0 Å². The molecule has 0 heterocycles. The molecule has 53 valence electrons. The van der Waals surface area contributed by atoms with Gasteiger partial charge in [-0.25, -0.2) is 0 Å². The van der Waals surface area contributed by atoms with Gasteiger partial charge in [-0.1, -0.05) is 0 Å².